The zero-order valence-corrected chi connectivity index (χ0v) is 35.0. The van der Waals surface area contributed by atoms with Gasteiger partial charge < -0.3 is 0 Å². The molecule has 0 N–H and O–H groups in total. The molecule has 1 heterocycles. The first-order valence-electron chi connectivity index (χ1n) is 21.4. The third kappa shape index (κ3) is 7.14. The van der Waals surface area contributed by atoms with E-state index in [1.807, 2.05) is 12.4 Å². The lowest BCUT2D eigenvalue weighted by atomic mass is 9.78. The van der Waals surface area contributed by atoms with Crippen molar-refractivity contribution < 1.29 is 0 Å². The standard InChI is InChI=1S/C61H45N/c1-3-43(57-51-31-16-18-33-53(51)58(54-34-19-17-32-52(54)57)50-30-20-29-49(40-50)44-35-37-62-38-36-44)39-42(2)55-41-56(45-21-8-4-9-22-45)60(47-25-12-6-13-26-47)61(48-27-14-7-15-28-48)59(55)46-23-10-5-11-24-46/h3-41H,1-2H3/b42-39+,43-3+. The maximum atomic E-state index is 4.27. The maximum Gasteiger partial charge on any atom is 0.0273 e. The Morgan fingerprint density at radius 3 is 1.37 bits per heavy atom. The summed E-state index contributed by atoms with van der Waals surface area (Å²) in [4.78, 5) is 4.27. The van der Waals surface area contributed by atoms with E-state index in [1.54, 1.807) is 0 Å². The number of benzene rings is 9. The highest BCUT2D eigenvalue weighted by atomic mass is 14.6. The molecule has 0 bridgehead atoms. The molecule has 0 spiro atoms. The van der Waals surface area contributed by atoms with Crippen LogP contribution >= 0.6 is 0 Å². The minimum absolute atomic E-state index is 1.15. The highest BCUT2D eigenvalue weighted by molar-refractivity contribution is 6.20. The van der Waals surface area contributed by atoms with Gasteiger partial charge in [0.25, 0.3) is 0 Å². The van der Waals surface area contributed by atoms with Crippen LogP contribution in [0.25, 0.3) is 99.5 Å². The number of pyridine rings is 1. The number of hydrogen-bond donors (Lipinski definition) is 0. The molecule has 0 aliphatic carbocycles. The Morgan fingerprint density at radius 2 is 0.823 bits per heavy atom. The average Bonchev–Trinajstić information content (AvgIpc) is 3.35. The molecule has 0 radical (unpaired) electrons. The Labute approximate surface area is 364 Å². The normalized spacial score (nSPS) is 11.9. The molecule has 9 aromatic carbocycles. The molecule has 10 aromatic rings. The van der Waals surface area contributed by atoms with E-state index in [0.29, 0.717) is 0 Å². The minimum Gasteiger partial charge on any atom is -0.265 e. The molecule has 0 saturated heterocycles. The quantitative estimate of drug-likeness (QED) is 0.105. The summed E-state index contributed by atoms with van der Waals surface area (Å²) >= 11 is 0. The Bertz CT molecular complexity index is 3200. The fraction of sp³-hybridized carbons (Fsp3) is 0.0328. The molecule has 0 aliphatic heterocycles. The maximum absolute atomic E-state index is 4.27. The minimum atomic E-state index is 1.15. The summed E-state index contributed by atoms with van der Waals surface area (Å²) in [5.41, 5.74) is 19.2. The van der Waals surface area contributed by atoms with Gasteiger partial charge in [-0.15, -0.1) is 0 Å². The van der Waals surface area contributed by atoms with E-state index in [0.717, 1.165) is 5.56 Å². The number of rotatable bonds is 9. The monoisotopic (exact) mass is 791 g/mol. The van der Waals surface area contributed by atoms with E-state index in [2.05, 4.69) is 243 Å². The SMILES string of the molecule is C/C=C(\C=C(/C)c1cc(-c2ccccc2)c(-c2ccccc2)c(-c2ccccc2)c1-c1ccccc1)c1c2ccccc2c(-c2cccc(-c3ccncc3)c2)c2ccccc12. The second-order valence-electron chi connectivity index (χ2n) is 15.8. The fourth-order valence-corrected chi connectivity index (χ4v) is 9.30. The Morgan fingerprint density at radius 1 is 0.371 bits per heavy atom. The predicted molar refractivity (Wildman–Crippen MR) is 266 cm³/mol. The third-order valence-electron chi connectivity index (χ3n) is 12.1. The molecule has 0 fully saturated rings. The van der Waals surface area contributed by atoms with E-state index in [9.17, 15) is 0 Å². The topological polar surface area (TPSA) is 12.9 Å². The smallest absolute Gasteiger partial charge is 0.0273 e. The molecule has 62 heavy (non-hydrogen) atoms. The largest absolute Gasteiger partial charge is 0.265 e. The van der Waals surface area contributed by atoms with Crippen LogP contribution in [0.3, 0.4) is 0 Å². The van der Waals surface area contributed by atoms with Gasteiger partial charge in [-0.05, 0) is 149 Å². The van der Waals surface area contributed by atoms with Gasteiger partial charge in [-0.3, -0.25) is 4.98 Å². The summed E-state index contributed by atoms with van der Waals surface area (Å²) < 4.78 is 0. The van der Waals surface area contributed by atoms with Gasteiger partial charge in [-0.25, -0.2) is 0 Å². The van der Waals surface area contributed by atoms with Crippen LogP contribution in [0.5, 0.6) is 0 Å². The summed E-state index contributed by atoms with van der Waals surface area (Å²) in [6.45, 7) is 4.47. The van der Waals surface area contributed by atoms with Crippen LogP contribution in [-0.2, 0) is 0 Å². The molecule has 0 saturated carbocycles. The van der Waals surface area contributed by atoms with Gasteiger partial charge in [0.1, 0.15) is 0 Å². The van der Waals surface area contributed by atoms with Gasteiger partial charge in [-0.2, -0.15) is 0 Å². The van der Waals surface area contributed by atoms with Crippen LogP contribution in [0, 0.1) is 0 Å². The van der Waals surface area contributed by atoms with E-state index < -0.39 is 0 Å². The highest BCUT2D eigenvalue weighted by Crippen LogP contribution is 2.50. The third-order valence-corrected chi connectivity index (χ3v) is 12.1. The summed E-state index contributed by atoms with van der Waals surface area (Å²) in [5.74, 6) is 0. The molecule has 0 unspecified atom stereocenters. The Hall–Kier alpha value is -7.87. The van der Waals surface area contributed by atoms with Gasteiger partial charge in [0, 0.05) is 12.4 Å². The number of fused-ring (bicyclic) bond motifs is 2. The van der Waals surface area contributed by atoms with Crippen LogP contribution in [0.15, 0.2) is 237 Å². The van der Waals surface area contributed by atoms with Crippen LogP contribution in [-0.4, -0.2) is 4.98 Å². The van der Waals surface area contributed by atoms with Crippen LogP contribution in [0.2, 0.25) is 0 Å². The van der Waals surface area contributed by atoms with E-state index >= 15 is 0 Å². The molecular weight excluding hydrogens is 747 g/mol. The molecule has 0 atom stereocenters. The van der Waals surface area contributed by atoms with E-state index in [4.69, 9.17) is 0 Å². The fourth-order valence-electron chi connectivity index (χ4n) is 9.30. The zero-order chi connectivity index (χ0) is 41.8. The lowest BCUT2D eigenvalue weighted by Gasteiger charge is -2.25. The summed E-state index contributed by atoms with van der Waals surface area (Å²) in [6.07, 6.45) is 8.44. The number of allylic oxidation sites excluding steroid dienone is 4. The van der Waals surface area contributed by atoms with E-state index in [-0.39, 0.29) is 0 Å². The second kappa shape index (κ2) is 17.0. The summed E-state index contributed by atoms with van der Waals surface area (Å²) in [5, 5.41) is 4.91. The number of hydrogen-bond acceptors (Lipinski definition) is 1. The lowest BCUT2D eigenvalue weighted by Crippen LogP contribution is -2.00. The zero-order valence-electron chi connectivity index (χ0n) is 35.0. The molecule has 0 amide bonds. The first-order valence-corrected chi connectivity index (χ1v) is 21.4. The van der Waals surface area contributed by atoms with Crippen molar-refractivity contribution in [2.45, 2.75) is 13.8 Å². The number of nitrogens with zero attached hydrogens (tertiary/aromatic N) is 1. The van der Waals surface area contributed by atoms with Crippen molar-refractivity contribution in [2.24, 2.45) is 0 Å². The van der Waals surface area contributed by atoms with Gasteiger partial charge in [-0.1, -0.05) is 200 Å². The van der Waals surface area contributed by atoms with Crippen LogP contribution < -0.4 is 0 Å². The van der Waals surface area contributed by atoms with Crippen molar-refractivity contribution >= 4 is 32.7 Å². The van der Waals surface area contributed by atoms with Crippen LogP contribution in [0.1, 0.15) is 25.0 Å². The van der Waals surface area contributed by atoms with Gasteiger partial charge in [0.05, 0.1) is 0 Å². The van der Waals surface area contributed by atoms with Crippen molar-refractivity contribution in [1.82, 2.24) is 4.98 Å². The first kappa shape index (κ1) is 38.3. The van der Waals surface area contributed by atoms with Crippen molar-refractivity contribution in [2.75, 3.05) is 0 Å². The summed E-state index contributed by atoms with van der Waals surface area (Å²) in [6, 6.07) is 77.1. The highest BCUT2D eigenvalue weighted by Gasteiger charge is 2.24. The lowest BCUT2D eigenvalue weighted by molar-refractivity contribution is 1.33. The number of aromatic nitrogens is 1. The first-order chi connectivity index (χ1) is 30.7. The molecule has 0 aliphatic rings. The van der Waals surface area contributed by atoms with E-state index in [1.165, 1.54) is 105 Å². The Kier molecular flexibility index (Phi) is 10.5. The average molecular weight is 792 g/mol. The van der Waals surface area contributed by atoms with Crippen LogP contribution in [0.4, 0.5) is 0 Å². The van der Waals surface area contributed by atoms with Gasteiger partial charge >= 0.3 is 0 Å². The molecule has 1 aromatic heterocycles. The van der Waals surface area contributed by atoms with Crippen molar-refractivity contribution in [3.8, 4) is 66.8 Å². The predicted octanol–water partition coefficient (Wildman–Crippen LogP) is 16.9. The van der Waals surface area contributed by atoms with Gasteiger partial charge in [0.2, 0.25) is 0 Å². The molecule has 1 nitrogen and oxygen atoms in total. The van der Waals surface area contributed by atoms with Crippen molar-refractivity contribution in [1.29, 1.82) is 0 Å². The molecule has 1 heteroatoms. The van der Waals surface area contributed by atoms with Gasteiger partial charge in [0.15, 0.2) is 0 Å². The molecule has 294 valence electrons. The second-order valence-corrected chi connectivity index (χ2v) is 15.8. The summed E-state index contributed by atoms with van der Waals surface area (Å²) in [7, 11) is 0. The molecule has 10 rings (SSSR count). The van der Waals surface area contributed by atoms with Crippen molar-refractivity contribution in [3.05, 3.63) is 248 Å². The molecular formula is C61H45N. The van der Waals surface area contributed by atoms with Crippen molar-refractivity contribution in [3.63, 3.8) is 0 Å². The Balaban J connectivity index is 1.25.